The number of amides is 1. The van der Waals surface area contributed by atoms with Crippen molar-refractivity contribution in [2.24, 2.45) is 0 Å². The lowest BCUT2D eigenvalue weighted by molar-refractivity contribution is 0.0924. The Balaban J connectivity index is 0.00000200. The maximum absolute atomic E-state index is 13.5. The van der Waals surface area contributed by atoms with Gasteiger partial charge < -0.3 is 15.7 Å². The van der Waals surface area contributed by atoms with E-state index in [-0.39, 0.29) is 18.4 Å². The smallest absolute Gasteiger partial charge is 0.254 e. The number of phenolic OH excluding ortho intramolecular Hbond substituents is 1. The van der Waals surface area contributed by atoms with Crippen LogP contribution in [-0.2, 0) is 0 Å². The van der Waals surface area contributed by atoms with Crippen molar-refractivity contribution in [3.63, 3.8) is 0 Å². The Hall–Kier alpha value is -1.47. The van der Waals surface area contributed by atoms with E-state index >= 15 is 0 Å². The highest BCUT2D eigenvalue weighted by atomic mass is 35.5. The summed E-state index contributed by atoms with van der Waals surface area (Å²) in [6, 6.07) is 0.242. The van der Waals surface area contributed by atoms with Gasteiger partial charge in [-0.3, -0.25) is 4.79 Å². The van der Waals surface area contributed by atoms with Gasteiger partial charge in [-0.05, 0) is 25.5 Å². The molecule has 112 valence electrons. The number of halogens is 4. The van der Waals surface area contributed by atoms with Gasteiger partial charge in [0.15, 0.2) is 17.4 Å². The van der Waals surface area contributed by atoms with Crippen molar-refractivity contribution in [1.82, 2.24) is 10.6 Å². The first-order valence-electron chi connectivity index (χ1n) is 5.88. The van der Waals surface area contributed by atoms with Gasteiger partial charge in [-0.1, -0.05) is 0 Å². The van der Waals surface area contributed by atoms with E-state index in [1.165, 1.54) is 0 Å². The molecule has 3 N–H and O–H groups in total. The van der Waals surface area contributed by atoms with Crippen molar-refractivity contribution in [2.45, 2.75) is 18.9 Å². The Morgan fingerprint density at radius 1 is 1.35 bits per heavy atom. The lowest BCUT2D eigenvalue weighted by atomic mass is 10.1. The normalized spacial score (nSPS) is 18.2. The van der Waals surface area contributed by atoms with Gasteiger partial charge in [0.1, 0.15) is 0 Å². The predicted octanol–water partition coefficient (Wildman–Crippen LogP) is 1.71. The maximum atomic E-state index is 13.5. The number of aromatic hydroxyl groups is 1. The van der Waals surface area contributed by atoms with E-state index in [1.54, 1.807) is 0 Å². The molecule has 0 aromatic heterocycles. The van der Waals surface area contributed by atoms with Gasteiger partial charge in [0.05, 0.1) is 5.56 Å². The van der Waals surface area contributed by atoms with Crippen LogP contribution in [0, 0.1) is 17.5 Å². The largest absolute Gasteiger partial charge is 0.503 e. The van der Waals surface area contributed by atoms with E-state index < -0.39 is 34.7 Å². The van der Waals surface area contributed by atoms with E-state index in [1.807, 2.05) is 0 Å². The van der Waals surface area contributed by atoms with Crippen LogP contribution < -0.4 is 10.6 Å². The van der Waals surface area contributed by atoms with E-state index in [0.717, 1.165) is 19.4 Å². The minimum absolute atomic E-state index is 0. The molecule has 1 aliphatic heterocycles. The number of benzene rings is 1. The molecule has 4 nitrogen and oxygen atoms in total. The van der Waals surface area contributed by atoms with Crippen LogP contribution in [-0.4, -0.2) is 30.1 Å². The number of carbonyl (C=O) groups excluding carboxylic acids is 1. The van der Waals surface area contributed by atoms with Crippen molar-refractivity contribution in [1.29, 1.82) is 0 Å². The third kappa shape index (κ3) is 3.34. The Labute approximate surface area is 119 Å². The van der Waals surface area contributed by atoms with Gasteiger partial charge in [0.2, 0.25) is 5.82 Å². The molecule has 0 spiro atoms. The molecule has 0 bridgehead atoms. The lowest BCUT2D eigenvalue weighted by Crippen LogP contribution is -2.45. The molecule has 1 aromatic carbocycles. The third-order valence-corrected chi connectivity index (χ3v) is 3.01. The number of rotatable bonds is 2. The van der Waals surface area contributed by atoms with Crippen LogP contribution >= 0.6 is 12.4 Å². The molecule has 1 atom stereocenters. The molecule has 2 rings (SSSR count). The summed E-state index contributed by atoms with van der Waals surface area (Å²) in [5, 5.41) is 14.6. The van der Waals surface area contributed by atoms with E-state index in [2.05, 4.69) is 10.6 Å². The molecular weight excluding hydrogens is 297 g/mol. The predicted molar refractivity (Wildman–Crippen MR) is 68.6 cm³/mol. The molecule has 1 aliphatic rings. The van der Waals surface area contributed by atoms with Crippen molar-refractivity contribution in [3.8, 4) is 5.75 Å². The van der Waals surface area contributed by atoms with Gasteiger partial charge >= 0.3 is 0 Å². The number of piperidine rings is 1. The van der Waals surface area contributed by atoms with E-state index in [9.17, 15) is 18.0 Å². The fourth-order valence-corrected chi connectivity index (χ4v) is 1.99. The second-order valence-electron chi connectivity index (χ2n) is 4.40. The molecule has 20 heavy (non-hydrogen) atoms. The van der Waals surface area contributed by atoms with Crippen LogP contribution in [0.25, 0.3) is 0 Å². The minimum Gasteiger partial charge on any atom is -0.503 e. The quantitative estimate of drug-likeness (QED) is 0.729. The third-order valence-electron chi connectivity index (χ3n) is 3.01. The van der Waals surface area contributed by atoms with Crippen LogP contribution in [0.2, 0.25) is 0 Å². The molecule has 1 unspecified atom stereocenters. The second-order valence-corrected chi connectivity index (χ2v) is 4.40. The van der Waals surface area contributed by atoms with Gasteiger partial charge in [0, 0.05) is 12.6 Å². The SMILES string of the molecule is Cl.O=C(NC1CCCNC1)c1cc(F)c(F)c(O)c1F. The van der Waals surface area contributed by atoms with E-state index in [4.69, 9.17) is 5.11 Å². The first kappa shape index (κ1) is 16.6. The Bertz CT molecular complexity index is 508. The first-order chi connectivity index (χ1) is 9.00. The zero-order chi connectivity index (χ0) is 14.0. The van der Waals surface area contributed by atoms with Gasteiger partial charge in [-0.15, -0.1) is 12.4 Å². The second kappa shape index (κ2) is 6.81. The average Bonchev–Trinajstić information content (AvgIpc) is 2.41. The van der Waals surface area contributed by atoms with Crippen LogP contribution in [0.4, 0.5) is 13.2 Å². The van der Waals surface area contributed by atoms with E-state index in [0.29, 0.717) is 12.6 Å². The molecule has 0 aliphatic carbocycles. The molecule has 1 amide bonds. The fraction of sp³-hybridized carbons (Fsp3) is 0.417. The maximum Gasteiger partial charge on any atom is 0.254 e. The van der Waals surface area contributed by atoms with Crippen molar-refractivity contribution >= 4 is 18.3 Å². The molecule has 1 aromatic rings. The van der Waals surface area contributed by atoms with Gasteiger partial charge in [-0.25, -0.2) is 8.78 Å². The molecule has 1 heterocycles. The number of phenols is 1. The summed E-state index contributed by atoms with van der Waals surface area (Å²) in [6.45, 7) is 1.37. The van der Waals surface area contributed by atoms with Crippen LogP contribution in [0.5, 0.6) is 5.75 Å². The molecule has 1 fully saturated rings. The summed E-state index contributed by atoms with van der Waals surface area (Å²) in [7, 11) is 0. The standard InChI is InChI=1S/C12H13F3N2O2.ClH/c13-8-4-7(9(14)11(18)10(8)15)12(19)17-6-2-1-3-16-5-6;/h4,6,16,18H,1-3,5H2,(H,17,19);1H. The molecule has 0 saturated carbocycles. The van der Waals surface area contributed by atoms with Crippen LogP contribution in [0.1, 0.15) is 23.2 Å². The highest BCUT2D eigenvalue weighted by molar-refractivity contribution is 5.95. The van der Waals surface area contributed by atoms with Gasteiger partial charge in [-0.2, -0.15) is 4.39 Å². The summed E-state index contributed by atoms with van der Waals surface area (Å²) in [6.07, 6.45) is 1.58. The molecule has 0 radical (unpaired) electrons. The zero-order valence-electron chi connectivity index (χ0n) is 10.4. The van der Waals surface area contributed by atoms with Crippen molar-refractivity contribution in [2.75, 3.05) is 13.1 Å². The fourth-order valence-electron chi connectivity index (χ4n) is 1.99. The highest BCUT2D eigenvalue weighted by Gasteiger charge is 2.24. The van der Waals surface area contributed by atoms with Crippen molar-refractivity contribution < 1.29 is 23.1 Å². The summed E-state index contributed by atoms with van der Waals surface area (Å²) < 4.78 is 39.5. The summed E-state index contributed by atoms with van der Waals surface area (Å²) in [5.41, 5.74) is -0.707. The van der Waals surface area contributed by atoms with Crippen molar-refractivity contribution in [3.05, 3.63) is 29.1 Å². The Morgan fingerprint density at radius 2 is 2.05 bits per heavy atom. The average molecular weight is 311 g/mol. The van der Waals surface area contributed by atoms with Gasteiger partial charge in [0.25, 0.3) is 5.91 Å². The summed E-state index contributed by atoms with van der Waals surface area (Å²) >= 11 is 0. The lowest BCUT2D eigenvalue weighted by Gasteiger charge is -2.23. The summed E-state index contributed by atoms with van der Waals surface area (Å²) in [5.74, 6) is -6.98. The molecule has 1 saturated heterocycles. The Morgan fingerprint density at radius 3 is 2.65 bits per heavy atom. The van der Waals surface area contributed by atoms with Crippen LogP contribution in [0.15, 0.2) is 6.07 Å². The number of hydrogen-bond donors (Lipinski definition) is 3. The molecular formula is C12H14ClF3N2O2. The number of hydrogen-bond acceptors (Lipinski definition) is 3. The highest BCUT2D eigenvalue weighted by Crippen LogP contribution is 2.25. The topological polar surface area (TPSA) is 61.4 Å². The number of nitrogens with one attached hydrogen (secondary N) is 2. The monoisotopic (exact) mass is 310 g/mol. The zero-order valence-corrected chi connectivity index (χ0v) is 11.2. The summed E-state index contributed by atoms with van der Waals surface area (Å²) in [4.78, 5) is 11.8. The number of carbonyl (C=O) groups is 1. The first-order valence-corrected chi connectivity index (χ1v) is 5.88. The van der Waals surface area contributed by atoms with Crippen LogP contribution in [0.3, 0.4) is 0 Å². The minimum atomic E-state index is -1.70. The molecule has 8 heteroatoms. The Kier molecular flexibility index (Phi) is 5.64.